The second kappa shape index (κ2) is 6.47. The molecule has 0 saturated carbocycles. The summed E-state index contributed by atoms with van der Waals surface area (Å²) < 4.78 is 12.9. The van der Waals surface area contributed by atoms with E-state index in [0.717, 1.165) is 11.1 Å². The van der Waals surface area contributed by atoms with E-state index in [1.807, 2.05) is 6.07 Å². The van der Waals surface area contributed by atoms with Crippen molar-refractivity contribution >= 4 is 11.7 Å². The average Bonchev–Trinajstić information content (AvgIpc) is 2.46. The number of rotatable bonds is 4. The number of amidine groups is 1. The topological polar surface area (TPSA) is 63.3 Å². The third-order valence-electron chi connectivity index (χ3n) is 2.59. The third-order valence-corrected chi connectivity index (χ3v) is 2.59. The highest BCUT2D eigenvalue weighted by molar-refractivity contribution is 5.93. The maximum Gasteiger partial charge on any atom is 0.154 e. The quantitative estimate of drug-likeness (QED) is 0.663. The van der Waals surface area contributed by atoms with Crippen LogP contribution in [0.2, 0.25) is 0 Å². The van der Waals surface area contributed by atoms with Crippen LogP contribution in [0, 0.1) is 5.82 Å². The number of benzene rings is 1. The Morgan fingerprint density at radius 2 is 2.00 bits per heavy atom. The number of aliphatic imine (C=N–C) groups is 1. The molecule has 0 atom stereocenters. The third kappa shape index (κ3) is 3.65. The minimum atomic E-state index is -0.262. The van der Waals surface area contributed by atoms with Crippen LogP contribution in [0.25, 0.3) is 11.1 Å². The smallest absolute Gasteiger partial charge is 0.154 e. The first-order chi connectivity index (χ1) is 9.69. The normalized spacial score (nSPS) is 11.8. The van der Waals surface area contributed by atoms with Crippen LogP contribution >= 0.6 is 0 Å². The number of pyridine rings is 1. The molecule has 2 aromatic rings. The molecule has 0 unspecified atom stereocenters. The zero-order valence-corrected chi connectivity index (χ0v) is 11.0. The van der Waals surface area contributed by atoms with Crippen molar-refractivity contribution in [3.8, 4) is 11.1 Å². The van der Waals surface area contributed by atoms with E-state index in [9.17, 15) is 4.39 Å². The van der Waals surface area contributed by atoms with Gasteiger partial charge in [0.25, 0.3) is 0 Å². The highest BCUT2D eigenvalue weighted by Gasteiger charge is 2.00. The van der Waals surface area contributed by atoms with Gasteiger partial charge < -0.3 is 11.1 Å². The van der Waals surface area contributed by atoms with Crippen molar-refractivity contribution in [3.63, 3.8) is 0 Å². The molecule has 102 valence electrons. The lowest BCUT2D eigenvalue weighted by atomic mass is 10.1. The zero-order chi connectivity index (χ0) is 14.4. The van der Waals surface area contributed by atoms with Gasteiger partial charge in [0, 0.05) is 13.2 Å². The Balaban J connectivity index is 2.28. The van der Waals surface area contributed by atoms with Gasteiger partial charge in [-0.1, -0.05) is 12.1 Å². The van der Waals surface area contributed by atoms with Gasteiger partial charge in [-0.05, 0) is 47.7 Å². The van der Waals surface area contributed by atoms with Gasteiger partial charge in [-0.25, -0.2) is 14.4 Å². The number of hydrogen-bond donors (Lipinski definition) is 2. The Morgan fingerprint density at radius 3 is 2.70 bits per heavy atom. The summed E-state index contributed by atoms with van der Waals surface area (Å²) in [4.78, 5) is 8.32. The average molecular weight is 270 g/mol. The molecule has 0 spiro atoms. The Hall–Kier alpha value is -2.69. The van der Waals surface area contributed by atoms with E-state index in [4.69, 9.17) is 5.73 Å². The molecular formula is C15H15FN4. The number of nitrogens with one attached hydrogen (secondary N) is 1. The van der Waals surface area contributed by atoms with Crippen LogP contribution in [-0.4, -0.2) is 17.9 Å². The molecule has 20 heavy (non-hydrogen) atoms. The van der Waals surface area contributed by atoms with E-state index in [-0.39, 0.29) is 5.82 Å². The second-order valence-corrected chi connectivity index (χ2v) is 4.07. The molecule has 0 aliphatic carbocycles. The lowest BCUT2D eigenvalue weighted by Gasteiger charge is -2.02. The predicted molar refractivity (Wildman–Crippen MR) is 79.1 cm³/mol. The van der Waals surface area contributed by atoms with E-state index >= 15 is 0 Å². The van der Waals surface area contributed by atoms with Gasteiger partial charge >= 0.3 is 0 Å². The van der Waals surface area contributed by atoms with Crippen LogP contribution < -0.4 is 11.1 Å². The number of nitrogens with two attached hydrogens (primary N) is 1. The molecule has 0 radical (unpaired) electrons. The minimum Gasteiger partial charge on any atom is -0.394 e. The van der Waals surface area contributed by atoms with Crippen molar-refractivity contribution in [3.05, 3.63) is 60.7 Å². The van der Waals surface area contributed by atoms with Crippen LogP contribution in [0.15, 0.2) is 59.9 Å². The Bertz CT molecular complexity index is 633. The molecule has 4 nitrogen and oxygen atoms in total. The summed E-state index contributed by atoms with van der Waals surface area (Å²) in [6.07, 6.45) is 4.97. The summed E-state index contributed by atoms with van der Waals surface area (Å²) in [5.41, 5.74) is 7.54. The molecule has 5 heteroatoms. The molecule has 1 heterocycles. The lowest BCUT2D eigenvalue weighted by molar-refractivity contribution is 0.628. The first kappa shape index (κ1) is 13.7. The van der Waals surface area contributed by atoms with Gasteiger partial charge in [0.15, 0.2) is 5.82 Å². The van der Waals surface area contributed by atoms with Gasteiger partial charge in [0.1, 0.15) is 11.7 Å². The highest BCUT2D eigenvalue weighted by Crippen LogP contribution is 2.22. The van der Waals surface area contributed by atoms with E-state index in [1.54, 1.807) is 43.7 Å². The summed E-state index contributed by atoms with van der Waals surface area (Å²) in [6.45, 7) is 0. The van der Waals surface area contributed by atoms with E-state index in [1.165, 1.54) is 12.1 Å². The molecule has 1 aromatic heterocycles. The Morgan fingerprint density at radius 1 is 1.25 bits per heavy atom. The molecule has 2 rings (SSSR count). The fourth-order valence-electron chi connectivity index (χ4n) is 1.64. The Kier molecular flexibility index (Phi) is 4.44. The van der Waals surface area contributed by atoms with Crippen LogP contribution in [-0.2, 0) is 0 Å². The molecule has 0 aliphatic heterocycles. The number of halogens is 1. The number of nitrogens with zero attached hydrogens (tertiary/aromatic N) is 2. The monoisotopic (exact) mass is 270 g/mol. The molecule has 3 N–H and O–H groups in total. The van der Waals surface area contributed by atoms with Crippen LogP contribution in [0.5, 0.6) is 0 Å². The van der Waals surface area contributed by atoms with Gasteiger partial charge in [0.2, 0.25) is 0 Å². The van der Waals surface area contributed by atoms with E-state index in [0.29, 0.717) is 11.7 Å². The van der Waals surface area contributed by atoms with Gasteiger partial charge in [-0.2, -0.15) is 0 Å². The molecule has 0 saturated heterocycles. The maximum atomic E-state index is 12.9. The van der Waals surface area contributed by atoms with Crippen molar-refractivity contribution in [2.45, 2.75) is 0 Å². The number of aromatic nitrogens is 1. The van der Waals surface area contributed by atoms with E-state index < -0.39 is 0 Å². The van der Waals surface area contributed by atoms with Gasteiger partial charge in [-0.15, -0.1) is 0 Å². The molecule has 0 fully saturated rings. The van der Waals surface area contributed by atoms with Crippen molar-refractivity contribution in [2.75, 3.05) is 7.05 Å². The summed E-state index contributed by atoms with van der Waals surface area (Å²) in [7, 11) is 1.77. The molecule has 0 aliphatic rings. The van der Waals surface area contributed by atoms with E-state index in [2.05, 4.69) is 15.3 Å². The van der Waals surface area contributed by atoms with Crippen LogP contribution in [0.4, 0.5) is 10.2 Å². The van der Waals surface area contributed by atoms with Crippen LogP contribution in [0.1, 0.15) is 0 Å². The maximum absolute atomic E-state index is 12.9. The van der Waals surface area contributed by atoms with Gasteiger partial charge in [0.05, 0.1) is 0 Å². The highest BCUT2D eigenvalue weighted by atomic mass is 19.1. The summed E-state index contributed by atoms with van der Waals surface area (Å²) in [5, 5.41) is 2.83. The molecule has 0 amide bonds. The standard InChI is InChI=1S/C15H15FN4/c1-18-8-7-14(17)20-15-10-12(6-9-19-15)11-2-4-13(16)5-3-11/h2-10,18H,1H3,(H2,17,19,20)/b8-7-. The molecule has 1 aromatic carbocycles. The first-order valence-electron chi connectivity index (χ1n) is 6.09. The van der Waals surface area contributed by atoms with Crippen LogP contribution in [0.3, 0.4) is 0 Å². The number of hydrogen-bond acceptors (Lipinski definition) is 3. The Labute approximate surface area is 116 Å². The SMILES string of the molecule is CN/C=C\C(N)=Nc1cc(-c2ccc(F)cc2)ccn1. The molecule has 0 bridgehead atoms. The van der Waals surface area contributed by atoms with Gasteiger partial charge in [-0.3, -0.25) is 0 Å². The summed E-state index contributed by atoms with van der Waals surface area (Å²) >= 11 is 0. The van der Waals surface area contributed by atoms with Crippen molar-refractivity contribution in [1.29, 1.82) is 0 Å². The molecular weight excluding hydrogens is 255 g/mol. The first-order valence-corrected chi connectivity index (χ1v) is 6.09. The predicted octanol–water partition coefficient (Wildman–Crippen LogP) is 2.61. The fraction of sp³-hybridized carbons (Fsp3) is 0.0667. The van der Waals surface area contributed by atoms with Crippen molar-refractivity contribution in [2.24, 2.45) is 10.7 Å². The fourth-order valence-corrected chi connectivity index (χ4v) is 1.64. The summed E-state index contributed by atoms with van der Waals surface area (Å²) in [6, 6.07) is 9.90. The second-order valence-electron chi connectivity index (χ2n) is 4.07. The zero-order valence-electron chi connectivity index (χ0n) is 11.0. The van der Waals surface area contributed by atoms with Crippen molar-refractivity contribution in [1.82, 2.24) is 10.3 Å². The minimum absolute atomic E-state index is 0.262. The largest absolute Gasteiger partial charge is 0.394 e. The summed E-state index contributed by atoms with van der Waals surface area (Å²) in [5.74, 6) is 0.593. The lowest BCUT2D eigenvalue weighted by Crippen LogP contribution is -2.08. The van der Waals surface area contributed by atoms with Crippen molar-refractivity contribution < 1.29 is 4.39 Å².